The molecule has 178 valence electrons. The van der Waals surface area contributed by atoms with E-state index in [1.54, 1.807) is 6.20 Å². The zero-order valence-electron chi connectivity index (χ0n) is 19.7. The van der Waals surface area contributed by atoms with Gasteiger partial charge < -0.3 is 19.5 Å². The Bertz CT molecular complexity index is 1320. The number of rotatable bonds is 4. The molecule has 35 heavy (non-hydrogen) atoms. The van der Waals surface area contributed by atoms with Crippen LogP contribution in [0.5, 0.6) is 5.88 Å². The van der Waals surface area contributed by atoms with Crippen LogP contribution in [0, 0.1) is 18.8 Å². The van der Waals surface area contributed by atoms with Gasteiger partial charge in [-0.3, -0.25) is 0 Å². The number of fused-ring (bicyclic) bond motifs is 2. The topological polar surface area (TPSA) is 72.3 Å². The number of carbonyl (C=O) groups is 1. The lowest BCUT2D eigenvalue weighted by Crippen LogP contribution is -2.40. The third kappa shape index (κ3) is 4.22. The molecule has 0 bridgehead atoms. The minimum atomic E-state index is -0.0559. The van der Waals surface area contributed by atoms with E-state index < -0.39 is 0 Å². The van der Waals surface area contributed by atoms with Gasteiger partial charge in [0.05, 0.1) is 17.1 Å². The number of nitrogens with zero attached hydrogens (tertiary/aromatic N) is 4. The highest BCUT2D eigenvalue weighted by Gasteiger charge is 2.45. The number of urea groups is 1. The molecule has 7 nitrogen and oxygen atoms in total. The van der Waals surface area contributed by atoms with Crippen LogP contribution in [0.1, 0.15) is 24.7 Å². The van der Waals surface area contributed by atoms with Crippen molar-refractivity contribution in [2.45, 2.75) is 31.9 Å². The molecule has 6 rings (SSSR count). The summed E-state index contributed by atoms with van der Waals surface area (Å²) in [6, 6.07) is 23.8. The summed E-state index contributed by atoms with van der Waals surface area (Å²) < 4.78 is 8.86. The minimum absolute atomic E-state index is 0.0337. The maximum atomic E-state index is 13.0. The first-order valence-electron chi connectivity index (χ1n) is 12.3. The first-order chi connectivity index (χ1) is 17.2. The summed E-state index contributed by atoms with van der Waals surface area (Å²) in [5, 5.41) is 3.05. The summed E-state index contributed by atoms with van der Waals surface area (Å²) in [5.41, 5.74) is 2.95. The molecule has 1 saturated heterocycles. The number of aromatic nitrogens is 3. The molecule has 1 aliphatic heterocycles. The van der Waals surface area contributed by atoms with Crippen LogP contribution in [-0.2, 0) is 0 Å². The summed E-state index contributed by atoms with van der Waals surface area (Å²) in [5.74, 6) is 2.42. The Morgan fingerprint density at radius 2 is 1.69 bits per heavy atom. The fourth-order valence-corrected chi connectivity index (χ4v) is 5.83. The molecular weight excluding hydrogens is 438 g/mol. The SMILES string of the molecule is Cc1nc2ccccc2n1[C@H]1C[C@H]2CN(C(=O)Nc3ccccc3)C[C@H]2C[C@@H]1Oc1ccccn1. The first kappa shape index (κ1) is 21.6. The molecule has 2 aromatic carbocycles. The van der Waals surface area contributed by atoms with Gasteiger partial charge in [0.15, 0.2) is 0 Å². The largest absolute Gasteiger partial charge is 0.472 e. The Morgan fingerprint density at radius 1 is 0.943 bits per heavy atom. The Kier molecular flexibility index (Phi) is 5.60. The summed E-state index contributed by atoms with van der Waals surface area (Å²) in [6.07, 6.45) is 3.50. The zero-order chi connectivity index (χ0) is 23.8. The van der Waals surface area contributed by atoms with E-state index in [4.69, 9.17) is 9.72 Å². The monoisotopic (exact) mass is 467 g/mol. The van der Waals surface area contributed by atoms with Gasteiger partial charge in [0, 0.05) is 31.0 Å². The van der Waals surface area contributed by atoms with Crippen molar-refractivity contribution in [1.29, 1.82) is 0 Å². The van der Waals surface area contributed by atoms with Crippen molar-refractivity contribution in [3.05, 3.63) is 84.8 Å². The van der Waals surface area contributed by atoms with E-state index in [2.05, 4.69) is 40.0 Å². The molecule has 1 aliphatic carbocycles. The number of anilines is 1. The zero-order valence-corrected chi connectivity index (χ0v) is 19.7. The molecule has 4 atom stereocenters. The molecule has 2 amide bonds. The van der Waals surface area contributed by atoms with Crippen LogP contribution in [-0.4, -0.2) is 44.7 Å². The van der Waals surface area contributed by atoms with Gasteiger partial charge in [-0.1, -0.05) is 36.4 Å². The van der Waals surface area contributed by atoms with Gasteiger partial charge in [-0.05, 0) is 61.9 Å². The van der Waals surface area contributed by atoms with Gasteiger partial charge in [0.1, 0.15) is 11.9 Å². The highest BCUT2D eigenvalue weighted by molar-refractivity contribution is 5.89. The van der Waals surface area contributed by atoms with E-state index in [1.165, 1.54) is 0 Å². The van der Waals surface area contributed by atoms with Crippen LogP contribution < -0.4 is 10.1 Å². The molecule has 1 saturated carbocycles. The van der Waals surface area contributed by atoms with Crippen molar-refractivity contribution < 1.29 is 9.53 Å². The average Bonchev–Trinajstić information content (AvgIpc) is 3.44. The van der Waals surface area contributed by atoms with Gasteiger partial charge >= 0.3 is 6.03 Å². The second kappa shape index (κ2) is 9.06. The normalized spacial score (nSPS) is 23.7. The van der Waals surface area contributed by atoms with E-state index in [0.717, 1.165) is 48.5 Å². The molecule has 0 spiro atoms. The van der Waals surface area contributed by atoms with Crippen LogP contribution in [0.25, 0.3) is 11.0 Å². The number of amides is 2. The average molecular weight is 468 g/mol. The number of hydrogen-bond donors (Lipinski definition) is 1. The standard InChI is InChI=1S/C28H29N5O2/c1-19-30-23-11-5-6-12-24(23)33(19)25-15-20-17-32(28(34)31-22-9-3-2-4-10-22)18-21(20)16-26(25)35-27-13-7-8-14-29-27/h2-14,20-21,25-26H,15-18H2,1H3,(H,31,34)/t20-,21+,25-,26-/m0/s1. The van der Waals surface area contributed by atoms with Crippen LogP contribution in [0.4, 0.5) is 10.5 Å². The van der Waals surface area contributed by atoms with Crippen molar-refractivity contribution in [2.75, 3.05) is 18.4 Å². The number of hydrogen-bond acceptors (Lipinski definition) is 4. The lowest BCUT2D eigenvalue weighted by Gasteiger charge is -2.39. The Balaban J connectivity index is 1.28. The molecule has 3 heterocycles. The van der Waals surface area contributed by atoms with Crippen molar-refractivity contribution in [3.8, 4) is 5.88 Å². The maximum Gasteiger partial charge on any atom is 0.321 e. The molecular formula is C28H29N5O2. The van der Waals surface area contributed by atoms with Gasteiger partial charge in [-0.15, -0.1) is 0 Å². The third-order valence-corrected chi connectivity index (χ3v) is 7.41. The Morgan fingerprint density at radius 3 is 2.49 bits per heavy atom. The van der Waals surface area contributed by atoms with Gasteiger partial charge in [0.2, 0.25) is 5.88 Å². The highest BCUT2D eigenvalue weighted by atomic mass is 16.5. The number of para-hydroxylation sites is 3. The molecule has 0 radical (unpaired) electrons. The lowest BCUT2D eigenvalue weighted by molar-refractivity contribution is 0.0522. The fraction of sp³-hybridized carbons (Fsp3) is 0.321. The predicted molar refractivity (Wildman–Crippen MR) is 135 cm³/mol. The number of likely N-dealkylation sites (tertiary alicyclic amines) is 1. The minimum Gasteiger partial charge on any atom is -0.472 e. The fourth-order valence-electron chi connectivity index (χ4n) is 5.83. The highest BCUT2D eigenvalue weighted by Crippen LogP contribution is 2.44. The Labute approximate surface area is 204 Å². The predicted octanol–water partition coefficient (Wildman–Crippen LogP) is 5.30. The molecule has 4 aromatic rings. The summed E-state index contributed by atoms with van der Waals surface area (Å²) in [7, 11) is 0. The maximum absolute atomic E-state index is 13.0. The molecule has 2 fully saturated rings. The second-order valence-electron chi connectivity index (χ2n) is 9.60. The summed E-state index contributed by atoms with van der Waals surface area (Å²) >= 11 is 0. The molecule has 7 heteroatoms. The summed E-state index contributed by atoms with van der Waals surface area (Å²) in [6.45, 7) is 3.56. The van der Waals surface area contributed by atoms with E-state index in [-0.39, 0.29) is 18.2 Å². The molecule has 1 N–H and O–H groups in total. The first-order valence-corrected chi connectivity index (χ1v) is 12.3. The number of pyridine rings is 1. The van der Waals surface area contributed by atoms with E-state index in [0.29, 0.717) is 17.7 Å². The van der Waals surface area contributed by atoms with Gasteiger partial charge in [-0.2, -0.15) is 0 Å². The van der Waals surface area contributed by atoms with Crippen molar-refractivity contribution in [2.24, 2.45) is 11.8 Å². The molecule has 2 aromatic heterocycles. The number of aryl methyl sites for hydroxylation is 1. The second-order valence-corrected chi connectivity index (χ2v) is 9.60. The van der Waals surface area contributed by atoms with E-state index in [1.807, 2.05) is 59.5 Å². The van der Waals surface area contributed by atoms with E-state index in [9.17, 15) is 4.79 Å². The van der Waals surface area contributed by atoms with E-state index >= 15 is 0 Å². The summed E-state index contributed by atoms with van der Waals surface area (Å²) in [4.78, 5) is 24.2. The van der Waals surface area contributed by atoms with Gasteiger partial charge in [0.25, 0.3) is 0 Å². The third-order valence-electron chi connectivity index (χ3n) is 7.41. The number of benzene rings is 2. The van der Waals surface area contributed by atoms with Crippen molar-refractivity contribution >= 4 is 22.8 Å². The van der Waals surface area contributed by atoms with Crippen LogP contribution in [0.15, 0.2) is 79.0 Å². The van der Waals surface area contributed by atoms with Gasteiger partial charge in [-0.25, -0.2) is 14.8 Å². The van der Waals surface area contributed by atoms with Crippen LogP contribution in [0.3, 0.4) is 0 Å². The number of imidazole rings is 1. The Hall–Kier alpha value is -3.87. The molecule has 0 unspecified atom stereocenters. The van der Waals surface area contributed by atoms with Crippen LogP contribution in [0.2, 0.25) is 0 Å². The number of nitrogens with one attached hydrogen (secondary N) is 1. The smallest absolute Gasteiger partial charge is 0.321 e. The number of ether oxygens (including phenoxy) is 1. The quantitative estimate of drug-likeness (QED) is 0.442. The number of carbonyl (C=O) groups excluding carboxylic acids is 1. The van der Waals surface area contributed by atoms with Crippen LogP contribution >= 0.6 is 0 Å². The lowest BCUT2D eigenvalue weighted by atomic mass is 9.77. The van der Waals surface area contributed by atoms with Crippen molar-refractivity contribution in [3.63, 3.8) is 0 Å². The van der Waals surface area contributed by atoms with Crippen molar-refractivity contribution in [1.82, 2.24) is 19.4 Å². The molecule has 2 aliphatic rings.